The highest BCUT2D eigenvalue weighted by molar-refractivity contribution is 5.57. The van der Waals surface area contributed by atoms with Gasteiger partial charge in [0.05, 0.1) is 6.42 Å². The van der Waals surface area contributed by atoms with Gasteiger partial charge in [-0.3, -0.25) is 0 Å². The van der Waals surface area contributed by atoms with Crippen LogP contribution in [0, 0.1) is 0 Å². The van der Waals surface area contributed by atoms with Crippen LogP contribution in [0.3, 0.4) is 0 Å². The maximum absolute atomic E-state index is 12.2. The first-order chi connectivity index (χ1) is 8.22. The van der Waals surface area contributed by atoms with Gasteiger partial charge in [-0.1, -0.05) is 13.8 Å². The van der Waals surface area contributed by atoms with Crippen LogP contribution in [-0.4, -0.2) is 29.7 Å². The quantitative estimate of drug-likeness (QED) is 0.906. The molecule has 102 valence electrons. The molecule has 1 aromatic rings. The lowest BCUT2D eigenvalue weighted by molar-refractivity contribution is -0.132. The second kappa shape index (κ2) is 5.41. The van der Waals surface area contributed by atoms with Gasteiger partial charge in [-0.15, -0.1) is 0 Å². The maximum atomic E-state index is 12.2. The molecule has 1 aromatic heterocycles. The molecule has 0 amide bonds. The largest absolute Gasteiger partial charge is 0.390 e. The standard InChI is InChI=1S/C11H17F3N4/c1-7(2)8-9(15)16-6-17-10(8)18(3)5-4-11(12,13)14/h6-7H,4-5H2,1-3H3,(H2,15,16,17). The number of rotatable bonds is 4. The molecule has 0 fully saturated rings. The van der Waals surface area contributed by atoms with Gasteiger partial charge in [0.1, 0.15) is 18.0 Å². The van der Waals surface area contributed by atoms with Crippen molar-refractivity contribution in [3.05, 3.63) is 11.9 Å². The Kier molecular flexibility index (Phi) is 4.37. The molecule has 1 heterocycles. The van der Waals surface area contributed by atoms with Crippen molar-refractivity contribution in [3.8, 4) is 0 Å². The number of hydrogen-bond acceptors (Lipinski definition) is 4. The Morgan fingerprint density at radius 3 is 2.44 bits per heavy atom. The predicted molar refractivity (Wildman–Crippen MR) is 64.5 cm³/mol. The Bertz CT molecular complexity index is 404. The number of hydrogen-bond donors (Lipinski definition) is 1. The molecular formula is C11H17F3N4. The number of nitrogens with two attached hydrogens (primary N) is 1. The first kappa shape index (κ1) is 14.5. The average Bonchev–Trinajstić information content (AvgIpc) is 2.24. The van der Waals surface area contributed by atoms with E-state index in [1.165, 1.54) is 11.2 Å². The molecule has 0 aliphatic heterocycles. The fraction of sp³-hybridized carbons (Fsp3) is 0.636. The molecule has 7 heteroatoms. The van der Waals surface area contributed by atoms with E-state index in [0.29, 0.717) is 17.2 Å². The molecule has 18 heavy (non-hydrogen) atoms. The van der Waals surface area contributed by atoms with Crippen LogP contribution >= 0.6 is 0 Å². The second-order valence-corrected chi connectivity index (χ2v) is 4.44. The van der Waals surface area contributed by atoms with Crippen LogP contribution in [0.5, 0.6) is 0 Å². The predicted octanol–water partition coefficient (Wildman–Crippen LogP) is 2.57. The fourth-order valence-electron chi connectivity index (χ4n) is 1.66. The molecule has 0 spiro atoms. The minimum atomic E-state index is -4.18. The minimum Gasteiger partial charge on any atom is -0.383 e. The van der Waals surface area contributed by atoms with Crippen molar-refractivity contribution >= 4 is 11.6 Å². The van der Waals surface area contributed by atoms with E-state index in [0.717, 1.165) is 0 Å². The van der Waals surface area contributed by atoms with Crippen molar-refractivity contribution in [2.24, 2.45) is 0 Å². The van der Waals surface area contributed by atoms with Crippen molar-refractivity contribution in [1.29, 1.82) is 0 Å². The number of nitrogens with zero attached hydrogens (tertiary/aromatic N) is 3. The third-order valence-electron chi connectivity index (χ3n) is 2.56. The summed E-state index contributed by atoms with van der Waals surface area (Å²) in [5.41, 5.74) is 6.42. The van der Waals surface area contributed by atoms with Crippen LogP contribution in [0.25, 0.3) is 0 Å². The summed E-state index contributed by atoms with van der Waals surface area (Å²) < 4.78 is 36.6. The summed E-state index contributed by atoms with van der Waals surface area (Å²) in [5.74, 6) is 0.824. The van der Waals surface area contributed by atoms with Crippen LogP contribution in [-0.2, 0) is 0 Å². The zero-order valence-electron chi connectivity index (χ0n) is 10.6. The van der Waals surface area contributed by atoms with Crippen LogP contribution in [0.1, 0.15) is 31.7 Å². The summed E-state index contributed by atoms with van der Waals surface area (Å²) in [7, 11) is 1.57. The van der Waals surface area contributed by atoms with Crippen LogP contribution in [0.4, 0.5) is 24.8 Å². The summed E-state index contributed by atoms with van der Waals surface area (Å²) in [6, 6.07) is 0. The van der Waals surface area contributed by atoms with Crippen molar-refractivity contribution in [2.75, 3.05) is 24.2 Å². The Balaban J connectivity index is 2.92. The van der Waals surface area contributed by atoms with E-state index in [1.54, 1.807) is 7.05 Å². The smallest absolute Gasteiger partial charge is 0.383 e. The molecule has 4 nitrogen and oxygen atoms in total. The third-order valence-corrected chi connectivity index (χ3v) is 2.56. The molecule has 0 atom stereocenters. The average molecular weight is 262 g/mol. The summed E-state index contributed by atoms with van der Waals surface area (Å²) in [4.78, 5) is 9.36. The number of nitrogen functional groups attached to an aromatic ring is 1. The van der Waals surface area contributed by atoms with Gasteiger partial charge >= 0.3 is 6.18 Å². The molecule has 0 aliphatic carbocycles. The van der Waals surface area contributed by atoms with Crippen LogP contribution in [0.15, 0.2) is 6.33 Å². The highest BCUT2D eigenvalue weighted by Crippen LogP contribution is 2.29. The SMILES string of the molecule is CC(C)c1c(N)ncnc1N(C)CCC(F)(F)F. The van der Waals surface area contributed by atoms with E-state index >= 15 is 0 Å². The highest BCUT2D eigenvalue weighted by Gasteiger charge is 2.28. The molecule has 0 unspecified atom stereocenters. The van der Waals surface area contributed by atoms with Gasteiger partial charge in [0.15, 0.2) is 0 Å². The molecule has 1 rings (SSSR count). The van der Waals surface area contributed by atoms with E-state index in [1.807, 2.05) is 13.8 Å². The zero-order chi connectivity index (χ0) is 13.9. The zero-order valence-corrected chi connectivity index (χ0v) is 10.6. The lowest BCUT2D eigenvalue weighted by atomic mass is 10.0. The molecule has 0 bridgehead atoms. The van der Waals surface area contributed by atoms with Gasteiger partial charge in [0.2, 0.25) is 0 Å². The van der Waals surface area contributed by atoms with Gasteiger partial charge < -0.3 is 10.6 Å². The Hall–Kier alpha value is -1.53. The molecule has 0 saturated heterocycles. The van der Waals surface area contributed by atoms with Crippen molar-refractivity contribution in [1.82, 2.24) is 9.97 Å². The summed E-state index contributed by atoms with van der Waals surface area (Å²) >= 11 is 0. The number of halogens is 3. The molecule has 2 N–H and O–H groups in total. The Morgan fingerprint density at radius 2 is 1.94 bits per heavy atom. The first-order valence-corrected chi connectivity index (χ1v) is 5.60. The van der Waals surface area contributed by atoms with Crippen LogP contribution in [0.2, 0.25) is 0 Å². The van der Waals surface area contributed by atoms with E-state index in [4.69, 9.17) is 5.73 Å². The highest BCUT2D eigenvalue weighted by atomic mass is 19.4. The van der Waals surface area contributed by atoms with Gasteiger partial charge in [-0.2, -0.15) is 13.2 Å². The van der Waals surface area contributed by atoms with Crippen molar-refractivity contribution in [3.63, 3.8) is 0 Å². The summed E-state index contributed by atoms with van der Waals surface area (Å²) in [5, 5.41) is 0. The molecule has 0 saturated carbocycles. The van der Waals surface area contributed by atoms with Gasteiger partial charge in [-0.25, -0.2) is 9.97 Å². The third kappa shape index (κ3) is 3.75. The van der Waals surface area contributed by atoms with Gasteiger partial charge in [-0.05, 0) is 5.92 Å². The molecule has 0 aliphatic rings. The normalized spacial score (nSPS) is 11.9. The number of aromatic nitrogens is 2. The number of anilines is 2. The van der Waals surface area contributed by atoms with Crippen molar-refractivity contribution < 1.29 is 13.2 Å². The summed E-state index contributed by atoms with van der Waals surface area (Å²) in [6.45, 7) is 3.64. The van der Waals surface area contributed by atoms with E-state index in [2.05, 4.69) is 9.97 Å². The second-order valence-electron chi connectivity index (χ2n) is 4.44. The molecule has 0 aromatic carbocycles. The Labute approximate surface area is 104 Å². The maximum Gasteiger partial charge on any atom is 0.390 e. The first-order valence-electron chi connectivity index (χ1n) is 5.60. The topological polar surface area (TPSA) is 55.0 Å². The Morgan fingerprint density at radius 1 is 1.33 bits per heavy atom. The number of alkyl halides is 3. The summed E-state index contributed by atoms with van der Waals surface area (Å²) in [6.07, 6.45) is -3.80. The molecule has 0 radical (unpaired) electrons. The van der Waals surface area contributed by atoms with E-state index < -0.39 is 12.6 Å². The molecular weight excluding hydrogens is 245 g/mol. The minimum absolute atomic E-state index is 0.0505. The lowest BCUT2D eigenvalue weighted by Gasteiger charge is -2.23. The van der Waals surface area contributed by atoms with Gasteiger partial charge in [0, 0.05) is 19.2 Å². The fourth-order valence-corrected chi connectivity index (χ4v) is 1.66. The van der Waals surface area contributed by atoms with E-state index in [-0.39, 0.29) is 12.5 Å². The van der Waals surface area contributed by atoms with E-state index in [9.17, 15) is 13.2 Å². The van der Waals surface area contributed by atoms with Crippen molar-refractivity contribution in [2.45, 2.75) is 32.4 Å². The lowest BCUT2D eigenvalue weighted by Crippen LogP contribution is -2.26. The monoisotopic (exact) mass is 262 g/mol. The van der Waals surface area contributed by atoms with Gasteiger partial charge in [0.25, 0.3) is 0 Å². The van der Waals surface area contributed by atoms with Crippen LogP contribution < -0.4 is 10.6 Å².